The monoisotopic (exact) mass is 177 g/mol. The first-order chi connectivity index (χ1) is 6.33. The first-order valence-electron chi connectivity index (χ1n) is 5.07. The van der Waals surface area contributed by atoms with Crippen LogP contribution in [-0.2, 0) is 6.42 Å². The van der Waals surface area contributed by atoms with E-state index >= 15 is 0 Å². The molecular weight excluding hydrogens is 158 g/mol. The molecule has 13 heavy (non-hydrogen) atoms. The summed E-state index contributed by atoms with van der Waals surface area (Å²) in [5, 5.41) is 0. The van der Waals surface area contributed by atoms with Gasteiger partial charge in [-0.2, -0.15) is 0 Å². The van der Waals surface area contributed by atoms with Gasteiger partial charge in [0.05, 0.1) is 0 Å². The van der Waals surface area contributed by atoms with Crippen LogP contribution in [0.25, 0.3) is 0 Å². The third-order valence-corrected chi connectivity index (χ3v) is 2.43. The van der Waals surface area contributed by atoms with Crippen LogP contribution in [0, 0.1) is 5.92 Å². The molecular formula is C12H19N. The Hall–Kier alpha value is -0.820. The van der Waals surface area contributed by atoms with Crippen molar-refractivity contribution in [2.75, 3.05) is 6.54 Å². The molecule has 0 amide bonds. The normalized spacial score (nSPS) is 12.8. The average molecular weight is 177 g/mol. The van der Waals surface area contributed by atoms with Crippen LogP contribution in [0.4, 0.5) is 0 Å². The van der Waals surface area contributed by atoms with Gasteiger partial charge in [-0.3, -0.25) is 0 Å². The molecule has 0 heterocycles. The summed E-state index contributed by atoms with van der Waals surface area (Å²) >= 11 is 0. The highest BCUT2D eigenvalue weighted by Crippen LogP contribution is 2.11. The van der Waals surface area contributed by atoms with Gasteiger partial charge < -0.3 is 5.73 Å². The molecule has 0 aliphatic heterocycles. The van der Waals surface area contributed by atoms with Gasteiger partial charge in [0.1, 0.15) is 0 Å². The molecule has 1 nitrogen and oxygen atoms in total. The highest BCUT2D eigenvalue weighted by molar-refractivity contribution is 5.14. The maximum Gasteiger partial charge on any atom is -0.00747 e. The fourth-order valence-electron chi connectivity index (χ4n) is 1.49. The van der Waals surface area contributed by atoms with Gasteiger partial charge in [0, 0.05) is 0 Å². The van der Waals surface area contributed by atoms with Crippen LogP contribution in [-0.4, -0.2) is 6.54 Å². The van der Waals surface area contributed by atoms with E-state index in [0.717, 1.165) is 18.9 Å². The van der Waals surface area contributed by atoms with Gasteiger partial charge in [0.2, 0.25) is 0 Å². The van der Waals surface area contributed by atoms with E-state index in [1.54, 1.807) is 0 Å². The number of aryl methyl sites for hydroxylation is 1. The van der Waals surface area contributed by atoms with E-state index in [1.165, 1.54) is 18.4 Å². The summed E-state index contributed by atoms with van der Waals surface area (Å²) < 4.78 is 0. The van der Waals surface area contributed by atoms with Gasteiger partial charge >= 0.3 is 0 Å². The lowest BCUT2D eigenvalue weighted by Crippen LogP contribution is -2.06. The third-order valence-electron chi connectivity index (χ3n) is 2.43. The number of benzene rings is 1. The molecule has 72 valence electrons. The Morgan fingerprint density at radius 3 is 2.46 bits per heavy atom. The highest BCUT2D eigenvalue weighted by Gasteiger charge is 2.00. The second-order valence-corrected chi connectivity index (χ2v) is 3.71. The van der Waals surface area contributed by atoms with Crippen molar-refractivity contribution in [2.45, 2.75) is 26.2 Å². The summed E-state index contributed by atoms with van der Waals surface area (Å²) in [5.41, 5.74) is 6.93. The predicted octanol–water partition coefficient (Wildman–Crippen LogP) is 2.60. The SMILES string of the molecule is C[C@@H](CCN)CCc1ccccc1. The van der Waals surface area contributed by atoms with Crippen molar-refractivity contribution in [3.63, 3.8) is 0 Å². The Kier molecular flexibility index (Phi) is 4.55. The van der Waals surface area contributed by atoms with Crippen LogP contribution in [0.3, 0.4) is 0 Å². The lowest BCUT2D eigenvalue weighted by molar-refractivity contribution is 0.500. The molecule has 1 aromatic rings. The Morgan fingerprint density at radius 1 is 1.15 bits per heavy atom. The summed E-state index contributed by atoms with van der Waals surface area (Å²) in [7, 11) is 0. The molecule has 1 atom stereocenters. The highest BCUT2D eigenvalue weighted by atomic mass is 14.5. The van der Waals surface area contributed by atoms with Crippen molar-refractivity contribution in [1.82, 2.24) is 0 Å². The minimum Gasteiger partial charge on any atom is -0.330 e. The fourth-order valence-corrected chi connectivity index (χ4v) is 1.49. The van der Waals surface area contributed by atoms with Crippen LogP contribution in [0.1, 0.15) is 25.3 Å². The minimum absolute atomic E-state index is 0.755. The molecule has 0 unspecified atom stereocenters. The van der Waals surface area contributed by atoms with Crippen LogP contribution >= 0.6 is 0 Å². The molecule has 2 N–H and O–H groups in total. The minimum atomic E-state index is 0.755. The molecule has 0 aliphatic carbocycles. The number of hydrogen-bond acceptors (Lipinski definition) is 1. The van der Waals surface area contributed by atoms with Gasteiger partial charge in [0.25, 0.3) is 0 Å². The molecule has 0 saturated carbocycles. The first kappa shape index (κ1) is 10.3. The van der Waals surface area contributed by atoms with Crippen molar-refractivity contribution in [3.05, 3.63) is 35.9 Å². The average Bonchev–Trinajstić information content (AvgIpc) is 2.17. The molecule has 0 aromatic heterocycles. The first-order valence-corrected chi connectivity index (χ1v) is 5.07. The quantitative estimate of drug-likeness (QED) is 0.735. The summed E-state index contributed by atoms with van der Waals surface area (Å²) in [6, 6.07) is 10.6. The van der Waals surface area contributed by atoms with Crippen molar-refractivity contribution >= 4 is 0 Å². The zero-order valence-electron chi connectivity index (χ0n) is 8.37. The Labute approximate surface area is 81.0 Å². The molecule has 0 aliphatic rings. The van der Waals surface area contributed by atoms with Crippen molar-refractivity contribution < 1.29 is 0 Å². The number of rotatable bonds is 5. The van der Waals surface area contributed by atoms with Gasteiger partial charge in [-0.05, 0) is 37.3 Å². The van der Waals surface area contributed by atoms with Gasteiger partial charge in [-0.25, -0.2) is 0 Å². The Morgan fingerprint density at radius 2 is 1.85 bits per heavy atom. The zero-order chi connectivity index (χ0) is 9.52. The van der Waals surface area contributed by atoms with Gasteiger partial charge in [-0.1, -0.05) is 37.3 Å². The van der Waals surface area contributed by atoms with E-state index in [0.29, 0.717) is 0 Å². The Balaban J connectivity index is 2.27. The maximum atomic E-state index is 5.50. The smallest absolute Gasteiger partial charge is 0.00747 e. The van der Waals surface area contributed by atoms with E-state index < -0.39 is 0 Å². The molecule has 0 bridgehead atoms. The molecule has 1 rings (SSSR count). The molecule has 0 radical (unpaired) electrons. The summed E-state index contributed by atoms with van der Waals surface area (Å²) in [6.07, 6.45) is 3.58. The van der Waals surface area contributed by atoms with Gasteiger partial charge in [0.15, 0.2) is 0 Å². The lowest BCUT2D eigenvalue weighted by atomic mass is 9.98. The van der Waals surface area contributed by atoms with Crippen molar-refractivity contribution in [3.8, 4) is 0 Å². The van der Waals surface area contributed by atoms with Crippen LogP contribution in [0.2, 0.25) is 0 Å². The lowest BCUT2D eigenvalue weighted by Gasteiger charge is -2.08. The van der Waals surface area contributed by atoms with Crippen LogP contribution in [0.5, 0.6) is 0 Å². The fraction of sp³-hybridized carbons (Fsp3) is 0.500. The molecule has 0 saturated heterocycles. The third kappa shape index (κ3) is 4.09. The molecule has 0 fully saturated rings. The summed E-state index contributed by atoms with van der Waals surface area (Å²) in [6.45, 7) is 3.09. The second kappa shape index (κ2) is 5.76. The summed E-state index contributed by atoms with van der Waals surface area (Å²) in [5.74, 6) is 0.755. The molecule has 1 heteroatoms. The van der Waals surface area contributed by atoms with E-state index in [4.69, 9.17) is 5.73 Å². The predicted molar refractivity (Wildman–Crippen MR) is 57.6 cm³/mol. The van der Waals surface area contributed by atoms with Crippen molar-refractivity contribution in [1.29, 1.82) is 0 Å². The van der Waals surface area contributed by atoms with E-state index in [2.05, 4.69) is 37.3 Å². The second-order valence-electron chi connectivity index (χ2n) is 3.71. The zero-order valence-corrected chi connectivity index (χ0v) is 8.37. The number of nitrogens with two attached hydrogens (primary N) is 1. The standard InChI is InChI=1S/C12H19N/c1-11(9-10-13)7-8-12-5-3-2-4-6-12/h2-6,11H,7-10,13H2,1H3/t11-/m1/s1. The largest absolute Gasteiger partial charge is 0.330 e. The van der Waals surface area contributed by atoms with E-state index in [9.17, 15) is 0 Å². The van der Waals surface area contributed by atoms with Crippen LogP contribution in [0.15, 0.2) is 30.3 Å². The van der Waals surface area contributed by atoms with E-state index in [1.807, 2.05) is 0 Å². The summed E-state index contributed by atoms with van der Waals surface area (Å²) in [4.78, 5) is 0. The van der Waals surface area contributed by atoms with E-state index in [-0.39, 0.29) is 0 Å². The maximum absolute atomic E-state index is 5.50. The molecule has 1 aromatic carbocycles. The van der Waals surface area contributed by atoms with Crippen LogP contribution < -0.4 is 5.73 Å². The number of hydrogen-bond donors (Lipinski definition) is 1. The Bertz CT molecular complexity index is 218. The van der Waals surface area contributed by atoms with Gasteiger partial charge in [-0.15, -0.1) is 0 Å². The molecule has 0 spiro atoms. The topological polar surface area (TPSA) is 26.0 Å². The van der Waals surface area contributed by atoms with Crippen molar-refractivity contribution in [2.24, 2.45) is 11.7 Å².